The van der Waals surface area contributed by atoms with Crippen LogP contribution in [0.15, 0.2) is 46.9 Å². The van der Waals surface area contributed by atoms with Gasteiger partial charge in [-0.25, -0.2) is 4.79 Å². The minimum atomic E-state index is -0.961. The minimum Gasteiger partial charge on any atom is -0.478 e. The van der Waals surface area contributed by atoms with Gasteiger partial charge in [0.25, 0.3) is 5.91 Å². The predicted molar refractivity (Wildman–Crippen MR) is 83.4 cm³/mol. The van der Waals surface area contributed by atoms with Crippen LogP contribution in [0.2, 0.25) is 0 Å². The molecular formula is C15H13BrN2O3. The molecule has 0 heterocycles. The fourth-order valence-electron chi connectivity index (χ4n) is 1.88. The number of primary amides is 1. The number of nitrogens with two attached hydrogens (primary N) is 1. The van der Waals surface area contributed by atoms with Gasteiger partial charge in [-0.05, 0) is 45.8 Å². The standard InChI is InChI=1S/C15H13BrN2O3/c16-11-2-1-3-12(13(11)14(17)19)18-8-9-4-6-10(7-5-9)15(20)21/h1-7,18H,8H2,(H2,17,19)(H,20,21). The van der Waals surface area contributed by atoms with Crippen molar-refractivity contribution in [3.8, 4) is 0 Å². The number of amides is 1. The quantitative estimate of drug-likeness (QED) is 0.774. The predicted octanol–water partition coefficient (Wildman–Crippen LogP) is 2.86. The smallest absolute Gasteiger partial charge is 0.335 e. The molecule has 2 aromatic carbocycles. The fourth-order valence-corrected chi connectivity index (χ4v) is 2.45. The Hall–Kier alpha value is -2.34. The molecule has 0 aromatic heterocycles. The largest absolute Gasteiger partial charge is 0.478 e. The summed E-state index contributed by atoms with van der Waals surface area (Å²) in [6.45, 7) is 0.455. The minimum absolute atomic E-state index is 0.235. The number of benzene rings is 2. The third-order valence-corrected chi connectivity index (χ3v) is 3.60. The van der Waals surface area contributed by atoms with Crippen molar-refractivity contribution in [3.05, 3.63) is 63.6 Å². The molecule has 0 bridgehead atoms. The zero-order valence-electron chi connectivity index (χ0n) is 11.0. The van der Waals surface area contributed by atoms with Crippen LogP contribution < -0.4 is 11.1 Å². The van der Waals surface area contributed by atoms with Gasteiger partial charge in [0.05, 0.1) is 11.1 Å². The first-order valence-electron chi connectivity index (χ1n) is 6.13. The van der Waals surface area contributed by atoms with Gasteiger partial charge >= 0.3 is 5.97 Å². The monoisotopic (exact) mass is 348 g/mol. The second kappa shape index (κ2) is 6.41. The molecule has 2 aromatic rings. The SMILES string of the molecule is NC(=O)c1c(Br)cccc1NCc1ccc(C(=O)O)cc1. The van der Waals surface area contributed by atoms with Crippen molar-refractivity contribution >= 4 is 33.5 Å². The van der Waals surface area contributed by atoms with Gasteiger partial charge in [-0.1, -0.05) is 18.2 Å². The average molecular weight is 349 g/mol. The van der Waals surface area contributed by atoms with Crippen molar-refractivity contribution < 1.29 is 14.7 Å². The van der Waals surface area contributed by atoms with Crippen molar-refractivity contribution in [3.63, 3.8) is 0 Å². The number of carbonyl (C=O) groups is 2. The van der Waals surface area contributed by atoms with Crippen LogP contribution in [0.25, 0.3) is 0 Å². The summed E-state index contributed by atoms with van der Waals surface area (Å²) < 4.78 is 0.626. The number of aromatic carboxylic acids is 1. The van der Waals surface area contributed by atoms with E-state index in [0.29, 0.717) is 22.3 Å². The van der Waals surface area contributed by atoms with E-state index in [1.165, 1.54) is 12.1 Å². The summed E-state index contributed by atoms with van der Waals surface area (Å²) in [6, 6.07) is 11.8. The number of carbonyl (C=O) groups excluding carboxylic acids is 1. The Morgan fingerprint density at radius 2 is 1.81 bits per heavy atom. The van der Waals surface area contributed by atoms with Gasteiger partial charge in [-0.2, -0.15) is 0 Å². The molecule has 4 N–H and O–H groups in total. The zero-order valence-corrected chi connectivity index (χ0v) is 12.6. The van der Waals surface area contributed by atoms with E-state index in [4.69, 9.17) is 10.8 Å². The number of nitrogens with one attached hydrogen (secondary N) is 1. The molecule has 0 fully saturated rings. The van der Waals surface area contributed by atoms with Crippen LogP contribution in [0.5, 0.6) is 0 Å². The Morgan fingerprint density at radius 3 is 2.38 bits per heavy atom. The zero-order chi connectivity index (χ0) is 15.4. The number of carboxylic acid groups (broad SMARTS) is 1. The summed E-state index contributed by atoms with van der Waals surface area (Å²) in [7, 11) is 0. The number of hydrogen-bond donors (Lipinski definition) is 3. The van der Waals surface area contributed by atoms with Crippen LogP contribution in [-0.2, 0) is 6.54 Å². The van der Waals surface area contributed by atoms with E-state index in [9.17, 15) is 9.59 Å². The summed E-state index contributed by atoms with van der Waals surface area (Å²) in [6.07, 6.45) is 0. The lowest BCUT2D eigenvalue weighted by atomic mass is 10.1. The van der Waals surface area contributed by atoms with Gasteiger partial charge in [0, 0.05) is 16.7 Å². The van der Waals surface area contributed by atoms with Gasteiger partial charge < -0.3 is 16.2 Å². The number of hydrogen-bond acceptors (Lipinski definition) is 3. The van der Waals surface area contributed by atoms with Gasteiger partial charge in [-0.3, -0.25) is 4.79 Å². The Bertz CT molecular complexity index is 684. The third-order valence-electron chi connectivity index (χ3n) is 2.94. The van der Waals surface area contributed by atoms with Crippen molar-refractivity contribution in [2.24, 2.45) is 5.73 Å². The van der Waals surface area contributed by atoms with Crippen LogP contribution in [0.3, 0.4) is 0 Å². The van der Waals surface area contributed by atoms with E-state index in [0.717, 1.165) is 5.56 Å². The van der Waals surface area contributed by atoms with E-state index in [1.807, 2.05) is 0 Å². The summed E-state index contributed by atoms with van der Waals surface area (Å²) in [5.74, 6) is -1.48. The lowest BCUT2D eigenvalue weighted by Gasteiger charge is -2.11. The molecular weight excluding hydrogens is 336 g/mol. The number of halogens is 1. The number of carboxylic acids is 1. The Morgan fingerprint density at radius 1 is 1.14 bits per heavy atom. The summed E-state index contributed by atoms with van der Waals surface area (Å²) >= 11 is 3.29. The molecule has 0 aliphatic carbocycles. The van der Waals surface area contributed by atoms with Crippen LogP contribution in [0.1, 0.15) is 26.3 Å². The molecule has 0 aliphatic rings. The number of anilines is 1. The van der Waals surface area contributed by atoms with E-state index < -0.39 is 11.9 Å². The van der Waals surface area contributed by atoms with Crippen molar-refractivity contribution in [1.82, 2.24) is 0 Å². The first kappa shape index (κ1) is 15.1. The molecule has 0 saturated heterocycles. The maximum Gasteiger partial charge on any atom is 0.335 e. The summed E-state index contributed by atoms with van der Waals surface area (Å²) in [5, 5.41) is 12.0. The van der Waals surface area contributed by atoms with E-state index in [-0.39, 0.29) is 5.56 Å². The van der Waals surface area contributed by atoms with Gasteiger partial charge in [0.1, 0.15) is 0 Å². The van der Waals surface area contributed by atoms with Crippen molar-refractivity contribution in [2.75, 3.05) is 5.32 Å². The molecule has 0 unspecified atom stereocenters. The molecule has 21 heavy (non-hydrogen) atoms. The first-order chi connectivity index (χ1) is 9.99. The van der Waals surface area contributed by atoms with Crippen LogP contribution in [0.4, 0.5) is 5.69 Å². The average Bonchev–Trinajstić information content (AvgIpc) is 2.45. The fraction of sp³-hybridized carbons (Fsp3) is 0.0667. The maximum absolute atomic E-state index is 11.5. The lowest BCUT2D eigenvalue weighted by molar-refractivity contribution is 0.0696. The topological polar surface area (TPSA) is 92.4 Å². The molecule has 0 atom stereocenters. The molecule has 1 amide bonds. The molecule has 6 heteroatoms. The second-order valence-electron chi connectivity index (χ2n) is 4.38. The maximum atomic E-state index is 11.5. The van der Waals surface area contributed by atoms with E-state index >= 15 is 0 Å². The Balaban J connectivity index is 2.15. The van der Waals surface area contributed by atoms with Crippen molar-refractivity contribution in [2.45, 2.75) is 6.54 Å². The summed E-state index contributed by atoms with van der Waals surface area (Å²) in [4.78, 5) is 22.2. The van der Waals surface area contributed by atoms with Crippen LogP contribution in [-0.4, -0.2) is 17.0 Å². The normalized spacial score (nSPS) is 10.1. The van der Waals surface area contributed by atoms with Gasteiger partial charge in [0.15, 0.2) is 0 Å². The number of rotatable bonds is 5. The third kappa shape index (κ3) is 3.61. The summed E-state index contributed by atoms with van der Waals surface area (Å²) in [5.41, 5.74) is 7.51. The van der Waals surface area contributed by atoms with Gasteiger partial charge in [0.2, 0.25) is 0 Å². The molecule has 0 spiro atoms. The van der Waals surface area contributed by atoms with Crippen LogP contribution in [0, 0.1) is 0 Å². The molecule has 0 saturated carbocycles. The Kier molecular flexibility index (Phi) is 4.59. The molecule has 0 aliphatic heterocycles. The highest BCUT2D eigenvalue weighted by atomic mass is 79.9. The lowest BCUT2D eigenvalue weighted by Crippen LogP contribution is -2.15. The Labute approximate surface area is 129 Å². The second-order valence-corrected chi connectivity index (χ2v) is 5.24. The molecule has 108 valence electrons. The molecule has 2 rings (SSSR count). The van der Waals surface area contributed by atoms with E-state index in [2.05, 4.69) is 21.2 Å². The van der Waals surface area contributed by atoms with Gasteiger partial charge in [-0.15, -0.1) is 0 Å². The van der Waals surface area contributed by atoms with Crippen LogP contribution >= 0.6 is 15.9 Å². The highest BCUT2D eigenvalue weighted by molar-refractivity contribution is 9.10. The highest BCUT2D eigenvalue weighted by Gasteiger charge is 2.11. The molecule has 0 radical (unpaired) electrons. The van der Waals surface area contributed by atoms with Crippen molar-refractivity contribution in [1.29, 1.82) is 0 Å². The highest BCUT2D eigenvalue weighted by Crippen LogP contribution is 2.24. The molecule has 5 nitrogen and oxygen atoms in total. The van der Waals surface area contributed by atoms with E-state index in [1.54, 1.807) is 30.3 Å². The first-order valence-corrected chi connectivity index (χ1v) is 6.93.